The van der Waals surface area contributed by atoms with Crippen LogP contribution in [0.5, 0.6) is 0 Å². The monoisotopic (exact) mass is 481 g/mol. The molecule has 0 aliphatic carbocycles. The second-order valence-corrected chi connectivity index (χ2v) is 8.31. The summed E-state index contributed by atoms with van der Waals surface area (Å²) >= 11 is 0. The van der Waals surface area contributed by atoms with Crippen molar-refractivity contribution in [3.8, 4) is 11.3 Å². The summed E-state index contributed by atoms with van der Waals surface area (Å²) in [6, 6.07) is 8.33. The number of fused-ring (bicyclic) bond motifs is 1. The number of halogens is 3. The van der Waals surface area contributed by atoms with Gasteiger partial charge in [0.2, 0.25) is 0 Å². The summed E-state index contributed by atoms with van der Waals surface area (Å²) in [7, 11) is 0. The van der Waals surface area contributed by atoms with Gasteiger partial charge in [-0.25, -0.2) is 15.0 Å². The number of carbonyl (C=O) groups excluding carboxylic acids is 1. The standard InChI is InChI=1S/C24H22F3N7O/c25-24(26,27)16-8-10-30-18(13-16)32-23(35)15-6-4-14(5-7-15)19-20-21(28)31-11-12-34(20)22(33-19)17-3-1-2-9-29-17/h4-8,10-13,17,29H,1-3,9H2,(H2,28,31)(H,30,32,35)/t17-/m0/s1. The van der Waals surface area contributed by atoms with E-state index < -0.39 is 17.6 Å². The fraction of sp³-hybridized carbons (Fsp3) is 0.250. The van der Waals surface area contributed by atoms with E-state index in [0.29, 0.717) is 17.0 Å². The number of hydrogen-bond donors (Lipinski definition) is 3. The molecule has 5 rings (SSSR count). The van der Waals surface area contributed by atoms with Crippen LogP contribution < -0.4 is 16.4 Å². The quantitative estimate of drug-likeness (QED) is 0.397. The predicted octanol–water partition coefficient (Wildman–Crippen LogP) is 4.46. The molecule has 1 aliphatic heterocycles. The van der Waals surface area contributed by atoms with Crippen molar-refractivity contribution in [1.29, 1.82) is 0 Å². The summed E-state index contributed by atoms with van der Waals surface area (Å²) < 4.78 is 40.7. The maximum Gasteiger partial charge on any atom is 0.416 e. The number of carbonyl (C=O) groups is 1. The van der Waals surface area contributed by atoms with Crippen molar-refractivity contribution in [2.75, 3.05) is 17.6 Å². The number of imidazole rings is 1. The Morgan fingerprint density at radius 3 is 2.63 bits per heavy atom. The Kier molecular flexibility index (Phi) is 5.85. The average Bonchev–Trinajstić information content (AvgIpc) is 3.25. The van der Waals surface area contributed by atoms with Crippen molar-refractivity contribution < 1.29 is 18.0 Å². The number of alkyl halides is 3. The smallest absolute Gasteiger partial charge is 0.382 e. The minimum absolute atomic E-state index is 0.0943. The summed E-state index contributed by atoms with van der Waals surface area (Å²) in [5.41, 5.74) is 7.63. The van der Waals surface area contributed by atoms with Crippen LogP contribution in [0.4, 0.5) is 24.8 Å². The van der Waals surface area contributed by atoms with E-state index in [9.17, 15) is 18.0 Å². The van der Waals surface area contributed by atoms with Crippen LogP contribution in [0, 0.1) is 0 Å². The minimum atomic E-state index is -4.53. The molecule has 1 aromatic carbocycles. The summed E-state index contributed by atoms with van der Waals surface area (Å²) in [5, 5.41) is 5.91. The molecule has 1 saturated heterocycles. The zero-order valence-electron chi connectivity index (χ0n) is 18.5. The van der Waals surface area contributed by atoms with E-state index in [1.807, 2.05) is 10.6 Å². The number of nitrogen functional groups attached to an aromatic ring is 1. The highest BCUT2D eigenvalue weighted by Gasteiger charge is 2.31. The van der Waals surface area contributed by atoms with Gasteiger partial charge in [-0.15, -0.1) is 0 Å². The first-order valence-corrected chi connectivity index (χ1v) is 11.1. The molecule has 0 bridgehead atoms. The van der Waals surface area contributed by atoms with Crippen LogP contribution in [0.15, 0.2) is 55.0 Å². The molecule has 8 nitrogen and oxygen atoms in total. The number of rotatable bonds is 4. The number of nitrogens with one attached hydrogen (secondary N) is 2. The summed E-state index contributed by atoms with van der Waals surface area (Å²) in [6.45, 7) is 0.917. The molecule has 1 aliphatic rings. The lowest BCUT2D eigenvalue weighted by Gasteiger charge is -2.22. The van der Waals surface area contributed by atoms with Gasteiger partial charge in [0.05, 0.1) is 11.6 Å². The van der Waals surface area contributed by atoms with E-state index >= 15 is 0 Å². The minimum Gasteiger partial charge on any atom is -0.382 e. The lowest BCUT2D eigenvalue weighted by molar-refractivity contribution is -0.137. The van der Waals surface area contributed by atoms with Crippen molar-refractivity contribution in [2.45, 2.75) is 31.5 Å². The molecular formula is C24H22F3N7O. The number of hydrogen-bond acceptors (Lipinski definition) is 6. The highest BCUT2D eigenvalue weighted by Crippen LogP contribution is 2.33. The van der Waals surface area contributed by atoms with Crippen LogP contribution in [-0.4, -0.2) is 31.8 Å². The molecule has 35 heavy (non-hydrogen) atoms. The van der Waals surface area contributed by atoms with Gasteiger partial charge in [0.1, 0.15) is 28.7 Å². The molecule has 3 aromatic heterocycles. The molecule has 11 heteroatoms. The number of anilines is 2. The normalized spacial score (nSPS) is 16.4. The molecule has 0 spiro atoms. The van der Waals surface area contributed by atoms with Gasteiger partial charge in [0.25, 0.3) is 5.91 Å². The maximum absolute atomic E-state index is 12.9. The molecule has 4 heterocycles. The molecule has 1 fully saturated rings. The molecule has 180 valence electrons. The third-order valence-electron chi connectivity index (χ3n) is 5.98. The molecule has 4 N–H and O–H groups in total. The Balaban J connectivity index is 1.43. The Morgan fingerprint density at radius 2 is 1.91 bits per heavy atom. The zero-order valence-corrected chi connectivity index (χ0v) is 18.5. The van der Waals surface area contributed by atoms with Crippen LogP contribution in [-0.2, 0) is 6.18 Å². The van der Waals surface area contributed by atoms with Crippen molar-refractivity contribution in [3.05, 3.63) is 71.9 Å². The first-order chi connectivity index (χ1) is 16.8. The summed E-state index contributed by atoms with van der Waals surface area (Å²) in [5.74, 6) is 0.430. The average molecular weight is 481 g/mol. The van der Waals surface area contributed by atoms with Gasteiger partial charge in [-0.05, 0) is 43.7 Å². The van der Waals surface area contributed by atoms with Crippen molar-refractivity contribution in [1.82, 2.24) is 24.7 Å². The lowest BCUT2D eigenvalue weighted by atomic mass is 10.0. The number of benzene rings is 1. The number of nitrogens with two attached hydrogens (primary N) is 1. The van der Waals surface area contributed by atoms with Gasteiger partial charge in [-0.1, -0.05) is 18.6 Å². The third-order valence-corrected chi connectivity index (χ3v) is 5.98. The summed E-state index contributed by atoms with van der Waals surface area (Å²) in [4.78, 5) is 25.5. The lowest BCUT2D eigenvalue weighted by Crippen LogP contribution is -2.28. The fourth-order valence-corrected chi connectivity index (χ4v) is 4.25. The highest BCUT2D eigenvalue weighted by molar-refractivity contribution is 6.04. The Hall–Kier alpha value is -3.99. The zero-order chi connectivity index (χ0) is 24.6. The third kappa shape index (κ3) is 4.54. The molecule has 1 amide bonds. The number of nitrogens with zero attached hydrogens (tertiary/aromatic N) is 4. The topological polar surface area (TPSA) is 110 Å². The number of aromatic nitrogens is 4. The molecular weight excluding hydrogens is 459 g/mol. The number of piperidine rings is 1. The van der Waals surface area contributed by atoms with Crippen LogP contribution in [0.1, 0.15) is 47.1 Å². The van der Waals surface area contributed by atoms with E-state index in [-0.39, 0.29) is 17.4 Å². The Labute approximate surface area is 198 Å². The second-order valence-electron chi connectivity index (χ2n) is 8.31. The van der Waals surface area contributed by atoms with E-state index in [0.717, 1.165) is 55.5 Å². The van der Waals surface area contributed by atoms with Crippen LogP contribution in [0.3, 0.4) is 0 Å². The number of amides is 1. The van der Waals surface area contributed by atoms with Gasteiger partial charge < -0.3 is 16.4 Å². The first-order valence-electron chi connectivity index (χ1n) is 11.1. The van der Waals surface area contributed by atoms with Gasteiger partial charge in [0.15, 0.2) is 0 Å². The molecule has 0 saturated carbocycles. The Bertz CT molecular complexity index is 1380. The van der Waals surface area contributed by atoms with Crippen LogP contribution in [0.25, 0.3) is 16.8 Å². The maximum atomic E-state index is 12.9. The second kappa shape index (κ2) is 8.99. The van der Waals surface area contributed by atoms with Crippen LogP contribution >= 0.6 is 0 Å². The predicted molar refractivity (Wildman–Crippen MR) is 125 cm³/mol. The van der Waals surface area contributed by atoms with Crippen molar-refractivity contribution in [2.24, 2.45) is 0 Å². The van der Waals surface area contributed by atoms with Crippen molar-refractivity contribution in [3.63, 3.8) is 0 Å². The molecule has 0 radical (unpaired) electrons. The molecule has 4 aromatic rings. The van der Waals surface area contributed by atoms with E-state index in [2.05, 4.69) is 20.6 Å². The first kappa shape index (κ1) is 22.8. The van der Waals surface area contributed by atoms with Crippen molar-refractivity contribution >= 4 is 23.1 Å². The number of pyridine rings is 1. The van der Waals surface area contributed by atoms with Gasteiger partial charge in [-0.2, -0.15) is 13.2 Å². The van der Waals surface area contributed by atoms with Gasteiger partial charge in [-0.3, -0.25) is 9.20 Å². The van der Waals surface area contributed by atoms with E-state index in [1.54, 1.807) is 30.5 Å². The highest BCUT2D eigenvalue weighted by atomic mass is 19.4. The SMILES string of the molecule is Nc1nccn2c([C@@H]3CCCCN3)nc(-c3ccc(C(=O)Nc4cc(C(F)(F)F)ccn4)cc3)c12. The Morgan fingerprint density at radius 1 is 1.11 bits per heavy atom. The van der Waals surface area contributed by atoms with E-state index in [4.69, 9.17) is 10.7 Å². The molecule has 1 atom stereocenters. The summed E-state index contributed by atoms with van der Waals surface area (Å²) in [6.07, 6.45) is 3.13. The largest absolute Gasteiger partial charge is 0.416 e. The molecule has 0 unspecified atom stereocenters. The fourth-order valence-electron chi connectivity index (χ4n) is 4.25. The van der Waals surface area contributed by atoms with Gasteiger partial charge >= 0.3 is 6.18 Å². The van der Waals surface area contributed by atoms with Crippen LogP contribution in [0.2, 0.25) is 0 Å². The van der Waals surface area contributed by atoms with Gasteiger partial charge in [0, 0.05) is 29.7 Å². The van der Waals surface area contributed by atoms with E-state index in [1.165, 1.54) is 0 Å².